The molecule has 130 valence electrons. The van der Waals surface area contributed by atoms with Gasteiger partial charge in [0.1, 0.15) is 4.21 Å². The first-order valence-electron chi connectivity index (χ1n) is 8.53. The predicted octanol–water partition coefficient (Wildman–Crippen LogP) is 3.68. The van der Waals surface area contributed by atoms with Gasteiger partial charge in [-0.15, -0.1) is 11.3 Å². The third kappa shape index (κ3) is 4.48. The monoisotopic (exact) mass is 376 g/mol. The molecule has 4 nitrogen and oxygen atoms in total. The summed E-state index contributed by atoms with van der Waals surface area (Å²) in [5.74, 6) is 0.631. The highest BCUT2D eigenvalue weighted by Crippen LogP contribution is 2.30. The molecule has 0 aliphatic carbocycles. The van der Waals surface area contributed by atoms with Crippen LogP contribution in [0.1, 0.15) is 38.5 Å². The highest BCUT2D eigenvalue weighted by atomic mass is 35.5. The number of nitrogens with zero attached hydrogens (tertiary/aromatic N) is 2. The van der Waals surface area contributed by atoms with E-state index in [1.165, 1.54) is 38.8 Å². The zero-order valence-corrected chi connectivity index (χ0v) is 15.8. The normalized spacial score (nSPS) is 23.0. The maximum Gasteiger partial charge on any atom is 0.252 e. The molecular formula is C16H25ClN2O2S2. The van der Waals surface area contributed by atoms with Crippen molar-refractivity contribution in [3.63, 3.8) is 0 Å². The van der Waals surface area contributed by atoms with Crippen molar-refractivity contribution in [2.75, 3.05) is 32.7 Å². The SMILES string of the molecule is O=S(=O)(c1ccc(Cl)s1)N1CCC(CN2CCCCCC2)CC1. The van der Waals surface area contributed by atoms with Gasteiger partial charge in [0, 0.05) is 19.6 Å². The van der Waals surface area contributed by atoms with Gasteiger partial charge in [-0.2, -0.15) is 4.31 Å². The molecule has 3 rings (SSSR count). The fraction of sp³-hybridized carbons (Fsp3) is 0.750. The maximum absolute atomic E-state index is 12.6. The van der Waals surface area contributed by atoms with Crippen molar-refractivity contribution < 1.29 is 8.42 Å². The first-order chi connectivity index (χ1) is 11.1. The first kappa shape index (κ1) is 17.7. The van der Waals surface area contributed by atoms with E-state index in [9.17, 15) is 8.42 Å². The van der Waals surface area contributed by atoms with Crippen LogP contribution in [0.4, 0.5) is 0 Å². The fourth-order valence-corrected chi connectivity index (χ4v) is 6.69. The van der Waals surface area contributed by atoms with Crippen molar-refractivity contribution in [2.24, 2.45) is 5.92 Å². The number of piperidine rings is 1. The largest absolute Gasteiger partial charge is 0.303 e. The van der Waals surface area contributed by atoms with Crippen LogP contribution in [0, 0.1) is 5.92 Å². The van der Waals surface area contributed by atoms with Crippen molar-refractivity contribution in [3.05, 3.63) is 16.5 Å². The molecule has 0 spiro atoms. The van der Waals surface area contributed by atoms with Crippen LogP contribution in [0.3, 0.4) is 0 Å². The van der Waals surface area contributed by atoms with Gasteiger partial charge in [-0.1, -0.05) is 24.4 Å². The minimum absolute atomic E-state index is 0.369. The standard InChI is InChI=1S/C16H25ClN2O2S2/c17-15-5-6-16(22-15)23(20,21)19-11-7-14(8-12-19)13-18-9-3-1-2-4-10-18/h5-6,14H,1-4,7-13H2. The maximum atomic E-state index is 12.6. The number of rotatable bonds is 4. The Balaban J connectivity index is 1.53. The second kappa shape index (κ2) is 7.83. The second-order valence-electron chi connectivity index (χ2n) is 6.62. The van der Waals surface area contributed by atoms with E-state index < -0.39 is 10.0 Å². The zero-order valence-electron chi connectivity index (χ0n) is 13.4. The van der Waals surface area contributed by atoms with Crippen LogP contribution in [-0.4, -0.2) is 50.3 Å². The quantitative estimate of drug-likeness (QED) is 0.804. The summed E-state index contributed by atoms with van der Waals surface area (Å²) >= 11 is 7.03. The van der Waals surface area contributed by atoms with Crippen molar-refractivity contribution in [1.29, 1.82) is 0 Å². The van der Waals surface area contributed by atoms with E-state index in [4.69, 9.17) is 11.6 Å². The molecule has 0 amide bonds. The van der Waals surface area contributed by atoms with E-state index in [0.29, 0.717) is 27.6 Å². The lowest BCUT2D eigenvalue weighted by atomic mass is 9.97. The third-order valence-electron chi connectivity index (χ3n) is 4.93. The summed E-state index contributed by atoms with van der Waals surface area (Å²) in [7, 11) is -3.35. The minimum atomic E-state index is -3.35. The lowest BCUT2D eigenvalue weighted by Crippen LogP contribution is -2.41. The van der Waals surface area contributed by atoms with Crippen LogP contribution in [-0.2, 0) is 10.0 Å². The second-order valence-corrected chi connectivity index (χ2v) is 10.5. The van der Waals surface area contributed by atoms with Gasteiger partial charge in [0.15, 0.2) is 0 Å². The molecule has 0 bridgehead atoms. The Morgan fingerprint density at radius 3 is 2.26 bits per heavy atom. The highest BCUT2D eigenvalue weighted by Gasteiger charge is 2.31. The van der Waals surface area contributed by atoms with Crippen LogP contribution in [0.25, 0.3) is 0 Å². The van der Waals surface area contributed by atoms with Gasteiger partial charge >= 0.3 is 0 Å². The molecule has 0 unspecified atom stereocenters. The molecule has 3 heterocycles. The Hall–Kier alpha value is -0.140. The number of hydrogen-bond acceptors (Lipinski definition) is 4. The molecule has 2 saturated heterocycles. The molecule has 2 fully saturated rings. The molecule has 1 aromatic heterocycles. The van der Waals surface area contributed by atoms with Gasteiger partial charge in [-0.05, 0) is 56.8 Å². The van der Waals surface area contributed by atoms with Crippen molar-refractivity contribution in [1.82, 2.24) is 9.21 Å². The summed E-state index contributed by atoms with van der Waals surface area (Å²) in [5, 5.41) is 0. The Labute approximate surface area is 148 Å². The summed E-state index contributed by atoms with van der Waals surface area (Å²) in [4.78, 5) is 2.58. The van der Waals surface area contributed by atoms with Crippen LogP contribution >= 0.6 is 22.9 Å². The lowest BCUT2D eigenvalue weighted by Gasteiger charge is -2.33. The zero-order chi connectivity index (χ0) is 16.3. The predicted molar refractivity (Wildman–Crippen MR) is 95.7 cm³/mol. The van der Waals surface area contributed by atoms with E-state index in [-0.39, 0.29) is 0 Å². The third-order valence-corrected chi connectivity index (χ3v) is 8.53. The van der Waals surface area contributed by atoms with Crippen LogP contribution in [0.5, 0.6) is 0 Å². The van der Waals surface area contributed by atoms with Crippen molar-refractivity contribution in [2.45, 2.75) is 42.7 Å². The smallest absolute Gasteiger partial charge is 0.252 e. The molecule has 2 aliphatic heterocycles. The van der Waals surface area contributed by atoms with E-state index in [1.54, 1.807) is 16.4 Å². The average Bonchev–Trinajstić information content (AvgIpc) is 2.82. The molecule has 0 N–H and O–H groups in total. The highest BCUT2D eigenvalue weighted by molar-refractivity contribution is 7.91. The molecule has 0 atom stereocenters. The van der Waals surface area contributed by atoms with Crippen molar-refractivity contribution in [3.8, 4) is 0 Å². The molecule has 0 saturated carbocycles. The number of thiophene rings is 1. The topological polar surface area (TPSA) is 40.6 Å². The Morgan fingerprint density at radius 1 is 1.04 bits per heavy atom. The summed E-state index contributed by atoms with van der Waals surface area (Å²) in [5.41, 5.74) is 0. The van der Waals surface area contributed by atoms with Crippen LogP contribution in [0.15, 0.2) is 16.3 Å². The lowest BCUT2D eigenvalue weighted by molar-refractivity contribution is 0.186. The van der Waals surface area contributed by atoms with Gasteiger partial charge in [0.05, 0.1) is 4.34 Å². The summed E-state index contributed by atoms with van der Waals surface area (Å²) in [6.07, 6.45) is 7.27. The van der Waals surface area contributed by atoms with E-state index >= 15 is 0 Å². The molecule has 1 aromatic rings. The molecule has 23 heavy (non-hydrogen) atoms. The van der Waals surface area contributed by atoms with E-state index in [1.807, 2.05) is 0 Å². The van der Waals surface area contributed by atoms with Gasteiger partial charge < -0.3 is 4.90 Å². The fourth-order valence-electron chi connectivity index (χ4n) is 3.58. The average molecular weight is 377 g/mol. The van der Waals surface area contributed by atoms with Gasteiger partial charge in [-0.3, -0.25) is 0 Å². The first-order valence-corrected chi connectivity index (χ1v) is 11.2. The van der Waals surface area contributed by atoms with E-state index in [2.05, 4.69) is 4.90 Å². The Morgan fingerprint density at radius 2 is 1.70 bits per heavy atom. The summed E-state index contributed by atoms with van der Waals surface area (Å²) < 4.78 is 27.7. The number of sulfonamides is 1. The molecule has 0 aromatic carbocycles. The number of halogens is 1. The Kier molecular flexibility index (Phi) is 6.02. The van der Waals surface area contributed by atoms with Gasteiger partial charge in [0.2, 0.25) is 0 Å². The van der Waals surface area contributed by atoms with Gasteiger partial charge in [-0.25, -0.2) is 8.42 Å². The Bertz CT molecular complexity index is 601. The molecule has 7 heteroatoms. The molecule has 0 radical (unpaired) electrons. The minimum Gasteiger partial charge on any atom is -0.303 e. The number of likely N-dealkylation sites (tertiary alicyclic amines) is 1. The van der Waals surface area contributed by atoms with Crippen LogP contribution in [0.2, 0.25) is 4.34 Å². The molecule has 2 aliphatic rings. The van der Waals surface area contributed by atoms with Crippen LogP contribution < -0.4 is 0 Å². The summed E-state index contributed by atoms with van der Waals surface area (Å²) in [6, 6.07) is 3.27. The van der Waals surface area contributed by atoms with E-state index in [0.717, 1.165) is 30.7 Å². The summed E-state index contributed by atoms with van der Waals surface area (Å²) in [6.45, 7) is 4.84. The van der Waals surface area contributed by atoms with Crippen molar-refractivity contribution >= 4 is 33.0 Å². The molecular weight excluding hydrogens is 352 g/mol. The number of hydrogen-bond donors (Lipinski definition) is 0. The van der Waals surface area contributed by atoms with Gasteiger partial charge in [0.25, 0.3) is 10.0 Å².